The van der Waals surface area contributed by atoms with Gasteiger partial charge in [0.2, 0.25) is 5.82 Å². The van der Waals surface area contributed by atoms with Gasteiger partial charge in [0, 0.05) is 0 Å². The van der Waals surface area contributed by atoms with Gasteiger partial charge >= 0.3 is 5.97 Å². The first-order chi connectivity index (χ1) is 9.23. The Morgan fingerprint density at radius 3 is 1.90 bits per heavy atom. The van der Waals surface area contributed by atoms with Crippen molar-refractivity contribution in [2.45, 2.75) is 13.0 Å². The molecule has 0 bridgehead atoms. The lowest BCUT2D eigenvalue weighted by Gasteiger charge is -2.15. The zero-order valence-corrected chi connectivity index (χ0v) is 10.1. The van der Waals surface area contributed by atoms with Crippen molar-refractivity contribution >= 4 is 5.97 Å². The molecule has 0 aliphatic carbocycles. The van der Waals surface area contributed by atoms with Crippen LogP contribution >= 0.6 is 0 Å². The summed E-state index contributed by atoms with van der Waals surface area (Å²) in [5, 5.41) is 9.55. The van der Waals surface area contributed by atoms with Gasteiger partial charge in [0.1, 0.15) is 6.10 Å². The van der Waals surface area contributed by atoms with E-state index in [9.17, 15) is 31.9 Å². The Balaban J connectivity index is 3.34. The van der Waals surface area contributed by atoms with Gasteiger partial charge < -0.3 is 9.84 Å². The standard InChI is InChI=1S/C12H9F5O3/c1-3-20-12(19)4(2)11(18)5-6(13)8(15)10(17)9(16)7(5)14/h11,18H,2-3H2,1H3. The molecule has 110 valence electrons. The number of carbonyl (C=O) groups excluding carboxylic acids is 1. The van der Waals surface area contributed by atoms with Crippen LogP contribution in [0, 0.1) is 29.1 Å². The SMILES string of the molecule is C=C(C(=O)OCC)C(O)c1c(F)c(F)c(F)c(F)c1F. The molecule has 8 heteroatoms. The number of hydrogen-bond donors (Lipinski definition) is 1. The van der Waals surface area contributed by atoms with Crippen LogP contribution in [0.3, 0.4) is 0 Å². The highest BCUT2D eigenvalue weighted by molar-refractivity contribution is 5.89. The Bertz CT molecular complexity index is 542. The molecular formula is C12H9F5O3. The smallest absolute Gasteiger partial charge is 0.336 e. The van der Waals surface area contributed by atoms with Gasteiger partial charge in [-0.1, -0.05) is 6.58 Å². The zero-order valence-electron chi connectivity index (χ0n) is 10.1. The molecule has 1 aromatic carbocycles. The molecule has 0 radical (unpaired) electrons. The number of ether oxygens (including phenoxy) is 1. The first-order valence-corrected chi connectivity index (χ1v) is 5.29. The van der Waals surface area contributed by atoms with E-state index in [4.69, 9.17) is 0 Å². The molecule has 0 amide bonds. The second-order valence-electron chi connectivity index (χ2n) is 3.63. The largest absolute Gasteiger partial charge is 0.463 e. The molecule has 0 aliphatic heterocycles. The minimum Gasteiger partial charge on any atom is -0.463 e. The number of carbonyl (C=O) groups is 1. The van der Waals surface area contributed by atoms with Crippen LogP contribution in [-0.2, 0) is 9.53 Å². The second-order valence-corrected chi connectivity index (χ2v) is 3.63. The van der Waals surface area contributed by atoms with Crippen LogP contribution < -0.4 is 0 Å². The minimum atomic E-state index is -2.42. The van der Waals surface area contributed by atoms with Crippen LogP contribution in [0.1, 0.15) is 18.6 Å². The van der Waals surface area contributed by atoms with Crippen LogP contribution in [0.25, 0.3) is 0 Å². The van der Waals surface area contributed by atoms with E-state index >= 15 is 0 Å². The Hall–Kier alpha value is -1.96. The normalized spacial score (nSPS) is 12.2. The van der Waals surface area contributed by atoms with E-state index in [0.717, 1.165) is 0 Å². The van der Waals surface area contributed by atoms with Crippen molar-refractivity contribution in [3.05, 3.63) is 46.8 Å². The number of aliphatic hydroxyl groups excluding tert-OH is 1. The van der Waals surface area contributed by atoms with Gasteiger partial charge in [0.05, 0.1) is 17.7 Å². The number of esters is 1. The highest BCUT2D eigenvalue weighted by Crippen LogP contribution is 2.31. The summed E-state index contributed by atoms with van der Waals surface area (Å²) in [7, 11) is 0. The van der Waals surface area contributed by atoms with Gasteiger partial charge in [-0.25, -0.2) is 26.7 Å². The maximum absolute atomic E-state index is 13.4. The Labute approximate surface area is 110 Å². The van der Waals surface area contributed by atoms with Crippen molar-refractivity contribution in [3.8, 4) is 0 Å². The number of halogens is 5. The lowest BCUT2D eigenvalue weighted by molar-refractivity contribution is -0.139. The Morgan fingerprint density at radius 2 is 1.50 bits per heavy atom. The van der Waals surface area contributed by atoms with Crippen LogP contribution in [0.2, 0.25) is 0 Å². The molecule has 0 spiro atoms. The quantitative estimate of drug-likeness (QED) is 0.305. The van der Waals surface area contributed by atoms with Gasteiger partial charge in [-0.3, -0.25) is 0 Å². The highest BCUT2D eigenvalue weighted by atomic mass is 19.2. The summed E-state index contributed by atoms with van der Waals surface area (Å²) in [4.78, 5) is 11.2. The van der Waals surface area contributed by atoms with E-state index in [0.29, 0.717) is 0 Å². The molecule has 1 aromatic rings. The van der Waals surface area contributed by atoms with Gasteiger partial charge in [0.25, 0.3) is 0 Å². The molecule has 1 N–H and O–H groups in total. The lowest BCUT2D eigenvalue weighted by Crippen LogP contribution is -2.18. The summed E-state index contributed by atoms with van der Waals surface area (Å²) in [5.74, 6) is -12.5. The Kier molecular flexibility index (Phi) is 4.83. The molecule has 0 saturated carbocycles. The van der Waals surface area contributed by atoms with Crippen LogP contribution in [0.4, 0.5) is 22.0 Å². The van der Waals surface area contributed by atoms with Gasteiger partial charge in [-0.2, -0.15) is 0 Å². The van der Waals surface area contributed by atoms with Crippen molar-refractivity contribution in [1.82, 2.24) is 0 Å². The van der Waals surface area contributed by atoms with E-state index in [-0.39, 0.29) is 6.61 Å². The number of hydrogen-bond acceptors (Lipinski definition) is 3. The molecule has 0 fully saturated rings. The summed E-state index contributed by atoms with van der Waals surface area (Å²) in [6.07, 6.45) is -2.42. The average molecular weight is 296 g/mol. The molecule has 1 unspecified atom stereocenters. The maximum atomic E-state index is 13.4. The monoisotopic (exact) mass is 296 g/mol. The van der Waals surface area contributed by atoms with E-state index in [1.807, 2.05) is 0 Å². The maximum Gasteiger partial charge on any atom is 0.336 e. The molecule has 1 rings (SSSR count). The summed E-state index contributed by atoms with van der Waals surface area (Å²) in [5.41, 5.74) is -2.41. The van der Waals surface area contributed by atoms with Gasteiger partial charge in [-0.15, -0.1) is 0 Å². The number of benzene rings is 1. The molecule has 0 aromatic heterocycles. The van der Waals surface area contributed by atoms with Crippen molar-refractivity contribution in [2.24, 2.45) is 0 Å². The van der Waals surface area contributed by atoms with Crippen molar-refractivity contribution < 1.29 is 36.6 Å². The molecule has 0 heterocycles. The van der Waals surface area contributed by atoms with E-state index in [2.05, 4.69) is 11.3 Å². The molecular weight excluding hydrogens is 287 g/mol. The molecule has 0 aliphatic rings. The third kappa shape index (κ3) is 2.64. The fraction of sp³-hybridized carbons (Fsp3) is 0.250. The minimum absolute atomic E-state index is 0.123. The second kappa shape index (κ2) is 6.00. The van der Waals surface area contributed by atoms with Gasteiger partial charge in [0.15, 0.2) is 23.3 Å². The number of aliphatic hydroxyl groups is 1. The molecule has 3 nitrogen and oxygen atoms in total. The van der Waals surface area contributed by atoms with Crippen molar-refractivity contribution in [3.63, 3.8) is 0 Å². The average Bonchev–Trinajstić information content (AvgIpc) is 2.42. The summed E-state index contributed by atoms with van der Waals surface area (Å²) >= 11 is 0. The number of rotatable bonds is 4. The predicted molar refractivity (Wildman–Crippen MR) is 57.0 cm³/mol. The lowest BCUT2D eigenvalue weighted by atomic mass is 10.0. The topological polar surface area (TPSA) is 46.5 Å². The van der Waals surface area contributed by atoms with E-state index in [1.165, 1.54) is 6.92 Å². The van der Waals surface area contributed by atoms with Crippen LogP contribution in [0.5, 0.6) is 0 Å². The fourth-order valence-electron chi connectivity index (χ4n) is 1.37. The third-order valence-corrected chi connectivity index (χ3v) is 2.38. The van der Waals surface area contributed by atoms with Crippen molar-refractivity contribution in [2.75, 3.05) is 6.61 Å². The van der Waals surface area contributed by atoms with Crippen molar-refractivity contribution in [1.29, 1.82) is 0 Å². The predicted octanol–water partition coefficient (Wildman–Crippen LogP) is 2.53. The molecule has 1 atom stereocenters. The fourth-order valence-corrected chi connectivity index (χ4v) is 1.37. The third-order valence-electron chi connectivity index (χ3n) is 2.38. The Morgan fingerprint density at radius 1 is 1.10 bits per heavy atom. The zero-order chi connectivity index (χ0) is 15.6. The molecule has 0 saturated heterocycles. The van der Waals surface area contributed by atoms with E-state index < -0.39 is 52.3 Å². The first-order valence-electron chi connectivity index (χ1n) is 5.29. The summed E-state index contributed by atoms with van der Waals surface area (Å²) in [6.45, 7) is 4.31. The van der Waals surface area contributed by atoms with E-state index in [1.54, 1.807) is 0 Å². The highest BCUT2D eigenvalue weighted by Gasteiger charge is 2.32. The molecule has 20 heavy (non-hydrogen) atoms. The first kappa shape index (κ1) is 16.1. The van der Waals surface area contributed by atoms with Gasteiger partial charge in [-0.05, 0) is 6.92 Å². The summed E-state index contributed by atoms with van der Waals surface area (Å²) < 4.78 is 69.9. The summed E-state index contributed by atoms with van der Waals surface area (Å²) in [6, 6.07) is 0. The van der Waals surface area contributed by atoms with Crippen LogP contribution in [-0.4, -0.2) is 17.7 Å². The van der Waals surface area contributed by atoms with Crippen LogP contribution in [0.15, 0.2) is 12.2 Å².